The summed E-state index contributed by atoms with van der Waals surface area (Å²) in [6.07, 6.45) is 4.82. The number of thiazole rings is 1. The second-order valence-electron chi connectivity index (χ2n) is 4.70. The van der Waals surface area contributed by atoms with E-state index in [2.05, 4.69) is 20.3 Å². The van der Waals surface area contributed by atoms with Gasteiger partial charge in [0.05, 0.1) is 18.1 Å². The summed E-state index contributed by atoms with van der Waals surface area (Å²) in [6, 6.07) is 0. The normalized spacial score (nSPS) is 10.4. The first-order chi connectivity index (χ1) is 10.1. The van der Waals surface area contributed by atoms with Gasteiger partial charge in [0.15, 0.2) is 5.13 Å². The molecule has 0 aliphatic rings. The highest BCUT2D eigenvalue weighted by atomic mass is 32.1. The maximum absolute atomic E-state index is 11.8. The third-order valence-corrected chi connectivity index (χ3v) is 3.47. The van der Waals surface area contributed by atoms with Gasteiger partial charge >= 0.3 is 0 Å². The Morgan fingerprint density at radius 1 is 1.38 bits per heavy atom. The number of nitrogen functional groups attached to an aromatic ring is 1. The van der Waals surface area contributed by atoms with E-state index in [1.165, 1.54) is 22.4 Å². The SMILES string of the molecule is CN(C)C(=O)c1cncc(NCCCc2csc(N)n2)n1. The van der Waals surface area contributed by atoms with Crippen molar-refractivity contribution in [1.82, 2.24) is 19.9 Å². The second kappa shape index (κ2) is 6.98. The first kappa shape index (κ1) is 15.2. The lowest BCUT2D eigenvalue weighted by atomic mass is 10.2. The fourth-order valence-corrected chi connectivity index (χ4v) is 2.30. The van der Waals surface area contributed by atoms with Gasteiger partial charge < -0.3 is 16.0 Å². The number of carbonyl (C=O) groups excluding carboxylic acids is 1. The van der Waals surface area contributed by atoms with Crippen molar-refractivity contribution >= 4 is 28.2 Å². The van der Waals surface area contributed by atoms with Crippen LogP contribution in [0.5, 0.6) is 0 Å². The van der Waals surface area contributed by atoms with Crippen molar-refractivity contribution in [2.24, 2.45) is 0 Å². The van der Waals surface area contributed by atoms with Gasteiger partial charge in [0.2, 0.25) is 0 Å². The Morgan fingerprint density at radius 3 is 2.86 bits per heavy atom. The minimum atomic E-state index is -0.163. The largest absolute Gasteiger partial charge is 0.375 e. The first-order valence-electron chi connectivity index (χ1n) is 6.53. The van der Waals surface area contributed by atoms with Crippen LogP contribution >= 0.6 is 11.3 Å². The Kier molecular flexibility index (Phi) is 5.04. The molecule has 0 saturated heterocycles. The van der Waals surface area contributed by atoms with Gasteiger partial charge in [0, 0.05) is 26.0 Å². The number of rotatable bonds is 6. The molecule has 0 spiro atoms. The minimum Gasteiger partial charge on any atom is -0.375 e. The van der Waals surface area contributed by atoms with E-state index in [1.54, 1.807) is 20.3 Å². The predicted molar refractivity (Wildman–Crippen MR) is 83.4 cm³/mol. The molecule has 2 aromatic rings. The molecule has 0 aromatic carbocycles. The zero-order chi connectivity index (χ0) is 15.2. The fourth-order valence-electron chi connectivity index (χ4n) is 1.71. The zero-order valence-electron chi connectivity index (χ0n) is 12.0. The van der Waals surface area contributed by atoms with Crippen molar-refractivity contribution in [3.63, 3.8) is 0 Å². The van der Waals surface area contributed by atoms with Gasteiger partial charge in [-0.25, -0.2) is 9.97 Å². The van der Waals surface area contributed by atoms with E-state index in [1.807, 2.05) is 5.38 Å². The molecule has 2 rings (SSSR count). The molecular weight excluding hydrogens is 288 g/mol. The van der Waals surface area contributed by atoms with E-state index in [-0.39, 0.29) is 5.91 Å². The summed E-state index contributed by atoms with van der Waals surface area (Å²) < 4.78 is 0. The van der Waals surface area contributed by atoms with Crippen molar-refractivity contribution in [1.29, 1.82) is 0 Å². The molecule has 2 aromatic heterocycles. The number of anilines is 2. The van der Waals surface area contributed by atoms with E-state index < -0.39 is 0 Å². The monoisotopic (exact) mass is 306 g/mol. The van der Waals surface area contributed by atoms with Gasteiger partial charge in [-0.1, -0.05) is 0 Å². The van der Waals surface area contributed by atoms with Crippen molar-refractivity contribution in [2.45, 2.75) is 12.8 Å². The molecule has 0 aliphatic carbocycles. The molecule has 2 heterocycles. The number of hydrogen-bond acceptors (Lipinski definition) is 7. The van der Waals surface area contributed by atoms with Crippen molar-refractivity contribution in [3.8, 4) is 0 Å². The predicted octanol–water partition coefficient (Wildman–Crippen LogP) is 1.26. The molecule has 21 heavy (non-hydrogen) atoms. The van der Waals surface area contributed by atoms with E-state index in [4.69, 9.17) is 5.73 Å². The van der Waals surface area contributed by atoms with Crippen molar-refractivity contribution in [2.75, 3.05) is 31.7 Å². The molecule has 3 N–H and O–H groups in total. The maximum atomic E-state index is 11.8. The topological polar surface area (TPSA) is 97.0 Å². The number of nitrogens with two attached hydrogens (primary N) is 1. The summed E-state index contributed by atoms with van der Waals surface area (Å²) in [6.45, 7) is 0.728. The summed E-state index contributed by atoms with van der Waals surface area (Å²) in [5.41, 5.74) is 6.91. The molecule has 0 unspecified atom stereocenters. The number of carbonyl (C=O) groups is 1. The van der Waals surface area contributed by atoms with E-state index in [0.717, 1.165) is 25.1 Å². The van der Waals surface area contributed by atoms with Crippen LogP contribution < -0.4 is 11.1 Å². The number of aromatic nitrogens is 3. The molecule has 0 atom stereocenters. The van der Waals surface area contributed by atoms with Crippen LogP contribution in [0.4, 0.5) is 10.9 Å². The van der Waals surface area contributed by atoms with Gasteiger partial charge in [0.1, 0.15) is 11.5 Å². The van der Waals surface area contributed by atoms with Gasteiger partial charge in [0.25, 0.3) is 5.91 Å². The highest BCUT2D eigenvalue weighted by molar-refractivity contribution is 7.13. The lowest BCUT2D eigenvalue weighted by Gasteiger charge is -2.10. The fraction of sp³-hybridized carbons (Fsp3) is 0.385. The highest BCUT2D eigenvalue weighted by Gasteiger charge is 2.10. The van der Waals surface area contributed by atoms with Gasteiger partial charge in [-0.15, -0.1) is 11.3 Å². The molecule has 0 radical (unpaired) electrons. The maximum Gasteiger partial charge on any atom is 0.273 e. The second-order valence-corrected chi connectivity index (χ2v) is 5.59. The summed E-state index contributed by atoms with van der Waals surface area (Å²) in [7, 11) is 3.37. The van der Waals surface area contributed by atoms with Crippen LogP contribution in [0, 0.1) is 0 Å². The van der Waals surface area contributed by atoms with Crippen LogP contribution in [0.2, 0.25) is 0 Å². The molecule has 0 fully saturated rings. The van der Waals surface area contributed by atoms with E-state index in [9.17, 15) is 4.79 Å². The lowest BCUT2D eigenvalue weighted by molar-refractivity contribution is 0.0821. The Labute approximate surface area is 127 Å². The quantitative estimate of drug-likeness (QED) is 0.780. The van der Waals surface area contributed by atoms with Gasteiger partial charge in [-0.2, -0.15) is 0 Å². The van der Waals surface area contributed by atoms with E-state index in [0.29, 0.717) is 16.6 Å². The number of nitrogens with zero attached hydrogens (tertiary/aromatic N) is 4. The van der Waals surface area contributed by atoms with Crippen LogP contribution in [0.15, 0.2) is 17.8 Å². The molecule has 0 bridgehead atoms. The third kappa shape index (κ3) is 4.38. The van der Waals surface area contributed by atoms with Crippen LogP contribution in [0.25, 0.3) is 0 Å². The van der Waals surface area contributed by atoms with Crippen LogP contribution in [-0.4, -0.2) is 46.4 Å². The average Bonchev–Trinajstić information content (AvgIpc) is 2.88. The molecule has 0 aliphatic heterocycles. The Morgan fingerprint density at radius 2 is 2.19 bits per heavy atom. The molecular formula is C13H18N6OS. The minimum absolute atomic E-state index is 0.163. The smallest absolute Gasteiger partial charge is 0.273 e. The molecule has 112 valence electrons. The lowest BCUT2D eigenvalue weighted by Crippen LogP contribution is -2.23. The number of hydrogen-bond donors (Lipinski definition) is 2. The van der Waals surface area contributed by atoms with E-state index >= 15 is 0 Å². The van der Waals surface area contributed by atoms with Crippen LogP contribution in [0.3, 0.4) is 0 Å². The standard InChI is InChI=1S/C13H18N6OS/c1-19(2)12(20)10-6-15-7-11(18-10)16-5-3-4-9-8-21-13(14)17-9/h6-8H,3-5H2,1-2H3,(H2,14,17)(H,16,18). The summed E-state index contributed by atoms with van der Waals surface area (Å²) >= 11 is 1.45. The first-order valence-corrected chi connectivity index (χ1v) is 7.41. The number of amides is 1. The molecule has 8 heteroatoms. The molecule has 0 saturated carbocycles. The van der Waals surface area contributed by atoms with Gasteiger partial charge in [-0.3, -0.25) is 9.78 Å². The Hall–Kier alpha value is -2.22. The third-order valence-electron chi connectivity index (χ3n) is 2.75. The van der Waals surface area contributed by atoms with Crippen molar-refractivity contribution < 1.29 is 4.79 Å². The average molecular weight is 306 g/mol. The van der Waals surface area contributed by atoms with Crippen LogP contribution in [0.1, 0.15) is 22.6 Å². The zero-order valence-corrected chi connectivity index (χ0v) is 12.9. The van der Waals surface area contributed by atoms with Crippen molar-refractivity contribution in [3.05, 3.63) is 29.2 Å². The summed E-state index contributed by atoms with van der Waals surface area (Å²) in [4.78, 5) is 25.7. The highest BCUT2D eigenvalue weighted by Crippen LogP contribution is 2.12. The number of aryl methyl sites for hydroxylation is 1. The summed E-state index contributed by atoms with van der Waals surface area (Å²) in [5.74, 6) is 0.435. The molecule has 7 nitrogen and oxygen atoms in total. The summed E-state index contributed by atoms with van der Waals surface area (Å²) in [5, 5.41) is 5.72. The Balaban J connectivity index is 1.83. The Bertz CT molecular complexity index is 612. The van der Waals surface area contributed by atoms with Gasteiger partial charge in [-0.05, 0) is 12.8 Å². The number of nitrogens with one attached hydrogen (secondary N) is 1. The molecule has 1 amide bonds. The van der Waals surface area contributed by atoms with Crippen LogP contribution in [-0.2, 0) is 6.42 Å².